The van der Waals surface area contributed by atoms with Gasteiger partial charge in [0.25, 0.3) is 0 Å². The molecule has 5 heteroatoms. The van der Waals surface area contributed by atoms with Gasteiger partial charge in [-0.25, -0.2) is 8.42 Å². The number of likely N-dealkylation sites (N-methyl/N-ethyl adjacent to an activating group) is 1. The maximum atomic E-state index is 12.4. The van der Waals surface area contributed by atoms with E-state index in [9.17, 15) is 13.2 Å². The lowest BCUT2D eigenvalue weighted by Crippen LogP contribution is -2.40. The molecule has 0 N–H and O–H groups in total. The van der Waals surface area contributed by atoms with E-state index >= 15 is 0 Å². The predicted molar refractivity (Wildman–Crippen MR) is 77.2 cm³/mol. The highest BCUT2D eigenvalue weighted by Crippen LogP contribution is 2.11. The van der Waals surface area contributed by atoms with Crippen LogP contribution in [0, 0.1) is 0 Å². The molecule has 0 fully saturated rings. The summed E-state index contributed by atoms with van der Waals surface area (Å²) in [5, 5.41) is 0. The van der Waals surface area contributed by atoms with Crippen LogP contribution in [-0.2, 0) is 9.84 Å². The van der Waals surface area contributed by atoms with Gasteiger partial charge in [-0.05, 0) is 13.5 Å². The molecule has 1 aromatic carbocycles. The molecular formula is C14H21NO3S. The van der Waals surface area contributed by atoms with E-state index in [1.807, 2.05) is 30.0 Å². The van der Waals surface area contributed by atoms with E-state index < -0.39 is 9.84 Å². The summed E-state index contributed by atoms with van der Waals surface area (Å²) in [6, 6.07) is 8.83. The number of hydrogen-bond donors (Lipinski definition) is 0. The Morgan fingerprint density at radius 3 is 2.32 bits per heavy atom. The zero-order valence-electron chi connectivity index (χ0n) is 11.7. The van der Waals surface area contributed by atoms with Gasteiger partial charge in [0, 0.05) is 18.4 Å². The number of sulfone groups is 1. The smallest absolute Gasteiger partial charge is 0.179 e. The molecule has 0 heterocycles. The minimum Gasteiger partial charge on any atom is -0.295 e. The maximum Gasteiger partial charge on any atom is 0.179 e. The van der Waals surface area contributed by atoms with Crippen molar-refractivity contribution in [3.8, 4) is 0 Å². The van der Waals surface area contributed by atoms with Crippen molar-refractivity contribution in [1.29, 1.82) is 0 Å². The highest BCUT2D eigenvalue weighted by molar-refractivity contribution is 7.90. The molecule has 0 amide bonds. The van der Waals surface area contributed by atoms with Gasteiger partial charge in [-0.1, -0.05) is 37.3 Å². The second kappa shape index (κ2) is 6.82. The van der Waals surface area contributed by atoms with E-state index in [0.717, 1.165) is 0 Å². The van der Waals surface area contributed by atoms with Gasteiger partial charge < -0.3 is 0 Å². The van der Waals surface area contributed by atoms with E-state index in [-0.39, 0.29) is 17.6 Å². The number of nitrogens with zero attached hydrogens (tertiary/aromatic N) is 1. The minimum absolute atomic E-state index is 0.0408. The Balaban J connectivity index is 2.75. The third-order valence-corrected chi connectivity index (χ3v) is 4.02. The first-order valence-corrected chi connectivity index (χ1v) is 8.38. The Kier molecular flexibility index (Phi) is 5.69. The van der Waals surface area contributed by atoms with Crippen LogP contribution in [0.3, 0.4) is 0 Å². The number of Topliss-reactive ketones (excluding diaryl/α,β-unsaturated/α-hetero) is 1. The summed E-state index contributed by atoms with van der Waals surface area (Å²) in [5.74, 6) is 0.112. The van der Waals surface area contributed by atoms with Gasteiger partial charge in [0.15, 0.2) is 5.78 Å². The van der Waals surface area contributed by atoms with E-state index in [2.05, 4.69) is 0 Å². The van der Waals surface area contributed by atoms with Crippen LogP contribution in [0.15, 0.2) is 30.3 Å². The van der Waals surface area contributed by atoms with Crippen LogP contribution in [0.5, 0.6) is 0 Å². The van der Waals surface area contributed by atoms with Crippen molar-refractivity contribution in [1.82, 2.24) is 4.90 Å². The normalized spacial score (nSPS) is 13.5. The van der Waals surface area contributed by atoms with Crippen molar-refractivity contribution in [2.45, 2.75) is 19.4 Å². The third kappa shape index (κ3) is 5.12. The molecule has 106 valence electrons. The standard InChI is InChI=1S/C14H21NO3S/c1-4-13(15(2)10-11-19(3,17)18)14(16)12-8-6-5-7-9-12/h5-9,13H,4,10-11H2,1-3H3. The SMILES string of the molecule is CCC(C(=O)c1ccccc1)N(C)CCS(C)(=O)=O. The van der Waals surface area contributed by atoms with Gasteiger partial charge in [-0.2, -0.15) is 0 Å². The summed E-state index contributed by atoms with van der Waals surface area (Å²) in [7, 11) is -1.21. The zero-order chi connectivity index (χ0) is 14.5. The largest absolute Gasteiger partial charge is 0.295 e. The molecule has 1 aromatic rings. The van der Waals surface area contributed by atoms with Crippen molar-refractivity contribution < 1.29 is 13.2 Å². The molecule has 1 unspecified atom stereocenters. The molecule has 0 aliphatic carbocycles. The summed E-state index contributed by atoms with van der Waals surface area (Å²) in [4.78, 5) is 14.2. The first kappa shape index (κ1) is 15.9. The van der Waals surface area contributed by atoms with Gasteiger partial charge in [0.2, 0.25) is 0 Å². The van der Waals surface area contributed by atoms with Crippen LogP contribution in [0.25, 0.3) is 0 Å². The predicted octanol–water partition coefficient (Wildman–Crippen LogP) is 1.62. The topological polar surface area (TPSA) is 54.5 Å². The first-order chi connectivity index (χ1) is 8.85. The van der Waals surface area contributed by atoms with Crippen LogP contribution >= 0.6 is 0 Å². The van der Waals surface area contributed by atoms with E-state index in [4.69, 9.17) is 0 Å². The second-order valence-electron chi connectivity index (χ2n) is 4.76. The van der Waals surface area contributed by atoms with Gasteiger partial charge in [0.05, 0.1) is 11.8 Å². The highest BCUT2D eigenvalue weighted by Gasteiger charge is 2.22. The molecular weight excluding hydrogens is 262 g/mol. The van der Waals surface area contributed by atoms with Crippen molar-refractivity contribution in [3.05, 3.63) is 35.9 Å². The Morgan fingerprint density at radius 2 is 1.84 bits per heavy atom. The first-order valence-electron chi connectivity index (χ1n) is 6.32. The number of ketones is 1. The molecule has 1 atom stereocenters. The summed E-state index contributed by atoms with van der Waals surface area (Å²) < 4.78 is 22.3. The van der Waals surface area contributed by atoms with Crippen molar-refractivity contribution >= 4 is 15.6 Å². The van der Waals surface area contributed by atoms with Gasteiger partial charge in [-0.3, -0.25) is 9.69 Å². The molecule has 0 saturated heterocycles. The molecule has 0 aromatic heterocycles. The molecule has 0 spiro atoms. The zero-order valence-corrected chi connectivity index (χ0v) is 12.5. The number of rotatable bonds is 7. The van der Waals surface area contributed by atoms with Crippen molar-refractivity contribution in [2.75, 3.05) is 25.6 Å². The molecule has 0 aliphatic rings. The number of benzene rings is 1. The molecule has 1 rings (SSSR count). The van der Waals surface area contributed by atoms with E-state index in [1.165, 1.54) is 6.26 Å². The fraction of sp³-hybridized carbons (Fsp3) is 0.500. The molecule has 0 bridgehead atoms. The van der Waals surface area contributed by atoms with Crippen LogP contribution in [-0.4, -0.2) is 50.7 Å². The minimum atomic E-state index is -3.00. The van der Waals surface area contributed by atoms with E-state index in [1.54, 1.807) is 19.2 Å². The maximum absolute atomic E-state index is 12.4. The van der Waals surface area contributed by atoms with Crippen LogP contribution in [0.2, 0.25) is 0 Å². The fourth-order valence-electron chi connectivity index (χ4n) is 1.96. The van der Waals surface area contributed by atoms with Gasteiger partial charge in [0.1, 0.15) is 9.84 Å². The summed E-state index contributed by atoms with van der Waals surface area (Å²) in [6.45, 7) is 2.30. The Labute approximate surface area is 115 Å². The summed E-state index contributed by atoms with van der Waals surface area (Å²) in [6.07, 6.45) is 1.87. The molecule has 19 heavy (non-hydrogen) atoms. The Hall–Kier alpha value is -1.20. The molecule has 0 saturated carbocycles. The average Bonchev–Trinajstić information content (AvgIpc) is 2.37. The second-order valence-corrected chi connectivity index (χ2v) is 7.02. The van der Waals surface area contributed by atoms with Gasteiger partial charge in [-0.15, -0.1) is 0 Å². The summed E-state index contributed by atoms with van der Waals surface area (Å²) in [5.41, 5.74) is 0.667. The Morgan fingerprint density at radius 1 is 1.26 bits per heavy atom. The summed E-state index contributed by atoms with van der Waals surface area (Å²) >= 11 is 0. The van der Waals surface area contributed by atoms with Crippen LogP contribution in [0.4, 0.5) is 0 Å². The third-order valence-electron chi connectivity index (χ3n) is 3.09. The lowest BCUT2D eigenvalue weighted by atomic mass is 10.0. The lowest BCUT2D eigenvalue weighted by molar-refractivity contribution is 0.0852. The highest BCUT2D eigenvalue weighted by atomic mass is 32.2. The molecule has 4 nitrogen and oxygen atoms in total. The van der Waals surface area contributed by atoms with Gasteiger partial charge >= 0.3 is 0 Å². The lowest BCUT2D eigenvalue weighted by Gasteiger charge is -2.25. The molecule has 0 radical (unpaired) electrons. The number of hydrogen-bond acceptors (Lipinski definition) is 4. The van der Waals surface area contributed by atoms with Crippen LogP contribution < -0.4 is 0 Å². The Bertz CT molecular complexity index is 511. The fourth-order valence-corrected chi connectivity index (χ4v) is 2.58. The average molecular weight is 283 g/mol. The van der Waals surface area contributed by atoms with Crippen molar-refractivity contribution in [2.24, 2.45) is 0 Å². The molecule has 0 aliphatic heterocycles. The van der Waals surface area contributed by atoms with E-state index in [0.29, 0.717) is 18.5 Å². The monoisotopic (exact) mass is 283 g/mol. The van der Waals surface area contributed by atoms with Crippen LogP contribution in [0.1, 0.15) is 23.7 Å². The van der Waals surface area contributed by atoms with Crippen molar-refractivity contribution in [3.63, 3.8) is 0 Å². The number of carbonyl (C=O) groups excluding carboxylic acids is 1. The number of carbonyl (C=O) groups is 1. The quantitative estimate of drug-likeness (QED) is 0.714.